The predicted octanol–water partition coefficient (Wildman–Crippen LogP) is 3.44. The molecule has 1 aliphatic heterocycles. The van der Waals surface area contributed by atoms with Gasteiger partial charge in [0.25, 0.3) is 0 Å². The summed E-state index contributed by atoms with van der Waals surface area (Å²) in [5.41, 5.74) is 3.64. The molecule has 17 heavy (non-hydrogen) atoms. The monoisotopic (exact) mass is 226 g/mol. The van der Waals surface area contributed by atoms with Gasteiger partial charge in [0.05, 0.1) is 5.69 Å². The SMILES string of the molecule is Cc1ccc(-c2cn3c(n2)C[C@@H](C)CC3)cc1. The van der Waals surface area contributed by atoms with Crippen LogP contribution in [-0.2, 0) is 13.0 Å². The Morgan fingerprint density at radius 2 is 2.00 bits per heavy atom. The van der Waals surface area contributed by atoms with E-state index in [1.807, 2.05) is 0 Å². The van der Waals surface area contributed by atoms with Gasteiger partial charge in [0, 0.05) is 24.7 Å². The minimum atomic E-state index is 0.774. The minimum Gasteiger partial charge on any atom is -0.334 e. The van der Waals surface area contributed by atoms with Gasteiger partial charge in [-0.2, -0.15) is 0 Å². The minimum absolute atomic E-state index is 0.774. The van der Waals surface area contributed by atoms with Crippen molar-refractivity contribution < 1.29 is 0 Å². The van der Waals surface area contributed by atoms with Gasteiger partial charge in [0.15, 0.2) is 0 Å². The molecule has 0 N–H and O–H groups in total. The molecule has 3 rings (SSSR count). The molecule has 1 atom stereocenters. The maximum absolute atomic E-state index is 4.76. The van der Waals surface area contributed by atoms with E-state index in [9.17, 15) is 0 Å². The van der Waals surface area contributed by atoms with Gasteiger partial charge in [-0.05, 0) is 19.3 Å². The van der Waals surface area contributed by atoms with E-state index in [0.29, 0.717) is 0 Å². The molecular weight excluding hydrogens is 208 g/mol. The fourth-order valence-electron chi connectivity index (χ4n) is 2.45. The van der Waals surface area contributed by atoms with Crippen LogP contribution in [0, 0.1) is 12.8 Å². The summed E-state index contributed by atoms with van der Waals surface area (Å²) in [5.74, 6) is 2.02. The van der Waals surface area contributed by atoms with Crippen LogP contribution >= 0.6 is 0 Å². The fourth-order valence-corrected chi connectivity index (χ4v) is 2.45. The summed E-state index contributed by atoms with van der Waals surface area (Å²) < 4.78 is 2.31. The lowest BCUT2D eigenvalue weighted by Gasteiger charge is -2.18. The average Bonchev–Trinajstić information content (AvgIpc) is 2.72. The second-order valence-electron chi connectivity index (χ2n) is 5.20. The molecule has 2 heteroatoms. The zero-order chi connectivity index (χ0) is 11.8. The van der Waals surface area contributed by atoms with Crippen molar-refractivity contribution in [1.29, 1.82) is 0 Å². The summed E-state index contributed by atoms with van der Waals surface area (Å²) in [7, 11) is 0. The van der Waals surface area contributed by atoms with Crippen LogP contribution in [0.1, 0.15) is 24.7 Å². The molecule has 0 unspecified atom stereocenters. The molecule has 2 heterocycles. The Hall–Kier alpha value is -1.57. The van der Waals surface area contributed by atoms with E-state index in [-0.39, 0.29) is 0 Å². The molecule has 0 radical (unpaired) electrons. The van der Waals surface area contributed by atoms with Gasteiger partial charge in [0.1, 0.15) is 5.82 Å². The third-order valence-corrected chi connectivity index (χ3v) is 3.60. The highest BCUT2D eigenvalue weighted by Crippen LogP contribution is 2.24. The molecule has 0 saturated heterocycles. The van der Waals surface area contributed by atoms with Gasteiger partial charge in [-0.25, -0.2) is 4.98 Å². The highest BCUT2D eigenvalue weighted by Gasteiger charge is 2.17. The second-order valence-corrected chi connectivity index (χ2v) is 5.20. The summed E-state index contributed by atoms with van der Waals surface area (Å²) in [4.78, 5) is 4.76. The fraction of sp³-hybridized carbons (Fsp3) is 0.400. The predicted molar refractivity (Wildman–Crippen MR) is 69.9 cm³/mol. The molecule has 1 aromatic carbocycles. The van der Waals surface area contributed by atoms with Crippen LogP contribution in [0.2, 0.25) is 0 Å². The van der Waals surface area contributed by atoms with Gasteiger partial charge in [-0.1, -0.05) is 36.8 Å². The Balaban J connectivity index is 1.97. The van der Waals surface area contributed by atoms with Crippen molar-refractivity contribution in [2.75, 3.05) is 0 Å². The largest absolute Gasteiger partial charge is 0.334 e. The third-order valence-electron chi connectivity index (χ3n) is 3.60. The number of aryl methyl sites for hydroxylation is 2. The molecule has 0 saturated carbocycles. The first kappa shape index (κ1) is 10.6. The zero-order valence-electron chi connectivity index (χ0n) is 10.5. The summed E-state index contributed by atoms with van der Waals surface area (Å²) in [6.45, 7) is 5.54. The highest BCUT2D eigenvalue weighted by atomic mass is 15.1. The van der Waals surface area contributed by atoms with Crippen LogP contribution in [0.15, 0.2) is 30.5 Å². The molecule has 0 fully saturated rings. The number of fused-ring (bicyclic) bond motifs is 1. The molecule has 0 amide bonds. The average molecular weight is 226 g/mol. The topological polar surface area (TPSA) is 17.8 Å². The molecule has 0 bridgehead atoms. The summed E-state index contributed by atoms with van der Waals surface area (Å²) in [6.07, 6.45) is 4.59. The third kappa shape index (κ3) is 1.99. The van der Waals surface area contributed by atoms with Crippen molar-refractivity contribution in [1.82, 2.24) is 9.55 Å². The highest BCUT2D eigenvalue weighted by molar-refractivity contribution is 5.59. The van der Waals surface area contributed by atoms with Crippen LogP contribution in [-0.4, -0.2) is 9.55 Å². The van der Waals surface area contributed by atoms with Crippen molar-refractivity contribution in [2.24, 2.45) is 5.92 Å². The Morgan fingerprint density at radius 3 is 2.76 bits per heavy atom. The number of nitrogens with zero attached hydrogens (tertiary/aromatic N) is 2. The van der Waals surface area contributed by atoms with Crippen LogP contribution in [0.5, 0.6) is 0 Å². The molecule has 2 nitrogen and oxygen atoms in total. The molecule has 88 valence electrons. The number of imidazole rings is 1. The van der Waals surface area contributed by atoms with Gasteiger partial charge in [0.2, 0.25) is 0 Å². The van der Waals surface area contributed by atoms with Crippen LogP contribution < -0.4 is 0 Å². The number of hydrogen-bond acceptors (Lipinski definition) is 1. The van der Waals surface area contributed by atoms with Crippen molar-refractivity contribution in [3.05, 3.63) is 41.9 Å². The van der Waals surface area contributed by atoms with E-state index in [2.05, 4.69) is 48.9 Å². The number of hydrogen-bond donors (Lipinski definition) is 0. The maximum Gasteiger partial charge on any atom is 0.109 e. The van der Waals surface area contributed by atoms with E-state index in [4.69, 9.17) is 4.98 Å². The van der Waals surface area contributed by atoms with Gasteiger partial charge in [-0.15, -0.1) is 0 Å². The van der Waals surface area contributed by atoms with E-state index in [1.165, 1.54) is 23.4 Å². The Bertz CT molecular complexity index is 522. The molecule has 1 aliphatic rings. The normalized spacial score (nSPS) is 19.1. The lowest BCUT2D eigenvalue weighted by molar-refractivity contribution is 0.409. The zero-order valence-corrected chi connectivity index (χ0v) is 10.5. The molecule has 0 aliphatic carbocycles. The number of rotatable bonds is 1. The van der Waals surface area contributed by atoms with Crippen LogP contribution in [0.25, 0.3) is 11.3 Å². The lowest BCUT2D eigenvalue weighted by Crippen LogP contribution is -2.16. The second kappa shape index (κ2) is 4.02. The van der Waals surface area contributed by atoms with Crippen molar-refractivity contribution in [3.63, 3.8) is 0 Å². The Morgan fingerprint density at radius 1 is 1.24 bits per heavy atom. The lowest BCUT2D eigenvalue weighted by atomic mass is 10.0. The Kier molecular flexibility index (Phi) is 2.50. The van der Waals surface area contributed by atoms with E-state index < -0.39 is 0 Å². The summed E-state index contributed by atoms with van der Waals surface area (Å²) >= 11 is 0. The smallest absolute Gasteiger partial charge is 0.109 e. The standard InChI is InChI=1S/C15H18N2/c1-11-3-5-13(6-4-11)14-10-17-8-7-12(2)9-15(17)16-14/h3-6,10,12H,7-9H2,1-2H3/t12-/m0/s1. The first-order valence-electron chi connectivity index (χ1n) is 6.35. The number of benzene rings is 1. The van der Waals surface area contributed by atoms with Crippen molar-refractivity contribution in [2.45, 2.75) is 33.2 Å². The quantitative estimate of drug-likeness (QED) is 0.728. The first-order valence-corrected chi connectivity index (χ1v) is 6.35. The molecule has 2 aromatic rings. The van der Waals surface area contributed by atoms with Crippen molar-refractivity contribution in [3.8, 4) is 11.3 Å². The van der Waals surface area contributed by atoms with E-state index in [1.54, 1.807) is 0 Å². The van der Waals surface area contributed by atoms with Crippen LogP contribution in [0.3, 0.4) is 0 Å². The summed E-state index contributed by atoms with van der Waals surface area (Å²) in [5, 5.41) is 0. The summed E-state index contributed by atoms with van der Waals surface area (Å²) in [6, 6.07) is 8.62. The van der Waals surface area contributed by atoms with Gasteiger partial charge >= 0.3 is 0 Å². The Labute approximate surface area is 102 Å². The van der Waals surface area contributed by atoms with E-state index in [0.717, 1.165) is 24.6 Å². The maximum atomic E-state index is 4.76. The number of aromatic nitrogens is 2. The van der Waals surface area contributed by atoms with Gasteiger partial charge in [-0.3, -0.25) is 0 Å². The molecular formula is C15H18N2. The van der Waals surface area contributed by atoms with E-state index >= 15 is 0 Å². The molecule has 1 aromatic heterocycles. The van der Waals surface area contributed by atoms with Gasteiger partial charge < -0.3 is 4.57 Å². The first-order chi connectivity index (χ1) is 8.22. The van der Waals surface area contributed by atoms with Crippen LogP contribution in [0.4, 0.5) is 0 Å². The molecule has 0 spiro atoms. The van der Waals surface area contributed by atoms with Crippen molar-refractivity contribution >= 4 is 0 Å².